The molecule has 0 aliphatic carbocycles. The van der Waals surface area contributed by atoms with Gasteiger partial charge in [0.1, 0.15) is 5.75 Å². The highest BCUT2D eigenvalue weighted by molar-refractivity contribution is 5.85. The van der Waals surface area contributed by atoms with Crippen LogP contribution in [0.25, 0.3) is 0 Å². The number of aryl methyl sites for hydroxylation is 1. The van der Waals surface area contributed by atoms with Crippen molar-refractivity contribution >= 4 is 18.3 Å². The molecule has 0 bridgehead atoms. The molecule has 0 aromatic heterocycles. The highest BCUT2D eigenvalue weighted by Crippen LogP contribution is 2.16. The molecular weight excluding hydrogens is 288 g/mol. The molecule has 118 valence electrons. The molecule has 5 heteroatoms. The third kappa shape index (κ3) is 5.94. The molecule has 0 radical (unpaired) electrons. The van der Waals surface area contributed by atoms with Crippen molar-refractivity contribution in [2.75, 3.05) is 32.8 Å². The predicted octanol–water partition coefficient (Wildman–Crippen LogP) is 2.40. The summed E-state index contributed by atoms with van der Waals surface area (Å²) in [6.45, 7) is 6.26. The van der Waals surface area contributed by atoms with Gasteiger partial charge in [-0.05, 0) is 37.9 Å². The quantitative estimate of drug-likeness (QED) is 0.849. The number of carbonyl (C=O) groups excluding carboxylic acids is 1. The van der Waals surface area contributed by atoms with E-state index in [0.29, 0.717) is 13.0 Å². The van der Waals surface area contributed by atoms with Gasteiger partial charge in [0.25, 0.3) is 0 Å². The number of nitrogens with zero attached hydrogens (tertiary/aromatic N) is 1. The Bertz CT molecular complexity index is 432. The zero-order chi connectivity index (χ0) is 14.2. The molecule has 1 aromatic rings. The van der Waals surface area contributed by atoms with Gasteiger partial charge in [0.05, 0.1) is 6.61 Å². The summed E-state index contributed by atoms with van der Waals surface area (Å²) in [5, 5.41) is 3.31. The SMILES string of the molecule is Cc1ccccc1OCCCC(=O)N1CCCNCC1.Cl. The lowest BCUT2D eigenvalue weighted by atomic mass is 10.2. The Morgan fingerprint density at radius 3 is 2.90 bits per heavy atom. The Kier molecular flexibility index (Phi) is 8.16. The minimum absolute atomic E-state index is 0. The average molecular weight is 313 g/mol. The number of amides is 1. The molecular formula is C16H25ClN2O2. The fraction of sp³-hybridized carbons (Fsp3) is 0.562. The summed E-state index contributed by atoms with van der Waals surface area (Å²) in [5.41, 5.74) is 1.14. The lowest BCUT2D eigenvalue weighted by Crippen LogP contribution is -2.34. The largest absolute Gasteiger partial charge is 0.493 e. The van der Waals surface area contributed by atoms with Gasteiger partial charge in [0.15, 0.2) is 0 Å². The zero-order valence-corrected chi connectivity index (χ0v) is 13.5. The number of hydrogen-bond acceptors (Lipinski definition) is 3. The Morgan fingerprint density at radius 1 is 1.29 bits per heavy atom. The average Bonchev–Trinajstić information content (AvgIpc) is 2.74. The third-order valence-electron chi connectivity index (χ3n) is 3.58. The van der Waals surface area contributed by atoms with Gasteiger partial charge in [-0.3, -0.25) is 4.79 Å². The third-order valence-corrected chi connectivity index (χ3v) is 3.58. The predicted molar refractivity (Wildman–Crippen MR) is 87.2 cm³/mol. The first-order valence-corrected chi connectivity index (χ1v) is 7.44. The first kappa shape index (κ1) is 17.8. The molecule has 4 nitrogen and oxygen atoms in total. The molecule has 1 N–H and O–H groups in total. The van der Waals surface area contributed by atoms with E-state index in [9.17, 15) is 4.79 Å². The number of hydrogen-bond donors (Lipinski definition) is 1. The van der Waals surface area contributed by atoms with Gasteiger partial charge in [-0.1, -0.05) is 18.2 Å². The van der Waals surface area contributed by atoms with E-state index in [1.807, 2.05) is 36.1 Å². The van der Waals surface area contributed by atoms with Crippen LogP contribution in [0.4, 0.5) is 0 Å². The number of ether oxygens (including phenoxy) is 1. The molecule has 0 atom stereocenters. The molecule has 1 aromatic carbocycles. The van der Waals surface area contributed by atoms with E-state index in [4.69, 9.17) is 4.74 Å². The van der Waals surface area contributed by atoms with Crippen molar-refractivity contribution in [1.29, 1.82) is 0 Å². The van der Waals surface area contributed by atoms with Crippen molar-refractivity contribution in [3.63, 3.8) is 0 Å². The molecule has 21 heavy (non-hydrogen) atoms. The Balaban J connectivity index is 0.00000220. The van der Waals surface area contributed by atoms with Crippen molar-refractivity contribution in [3.05, 3.63) is 29.8 Å². The van der Waals surface area contributed by atoms with Crippen molar-refractivity contribution in [1.82, 2.24) is 10.2 Å². The molecule has 1 saturated heterocycles. The molecule has 1 fully saturated rings. The van der Waals surface area contributed by atoms with Crippen molar-refractivity contribution < 1.29 is 9.53 Å². The topological polar surface area (TPSA) is 41.6 Å². The summed E-state index contributed by atoms with van der Waals surface area (Å²) >= 11 is 0. The molecule has 1 heterocycles. The standard InChI is InChI=1S/C16H24N2O2.ClH/c1-14-6-2-3-7-15(14)20-13-4-8-16(19)18-11-5-9-17-10-12-18;/h2-3,6-7,17H,4-5,8-13H2,1H3;1H. The number of carbonyl (C=O) groups is 1. The molecule has 1 aliphatic rings. The van der Waals surface area contributed by atoms with Crippen molar-refractivity contribution in [2.45, 2.75) is 26.2 Å². The van der Waals surface area contributed by atoms with Crippen LogP contribution in [-0.4, -0.2) is 43.6 Å². The minimum atomic E-state index is 0. The molecule has 2 rings (SSSR count). The number of halogens is 1. The maximum absolute atomic E-state index is 12.1. The van der Waals surface area contributed by atoms with E-state index in [-0.39, 0.29) is 18.3 Å². The number of rotatable bonds is 5. The van der Waals surface area contributed by atoms with Gasteiger partial charge >= 0.3 is 0 Å². The van der Waals surface area contributed by atoms with E-state index in [2.05, 4.69) is 5.32 Å². The van der Waals surface area contributed by atoms with Crippen LogP contribution in [0.2, 0.25) is 0 Å². The second kappa shape index (κ2) is 9.64. The summed E-state index contributed by atoms with van der Waals surface area (Å²) in [4.78, 5) is 14.0. The van der Waals surface area contributed by atoms with E-state index in [0.717, 1.165) is 50.3 Å². The van der Waals surface area contributed by atoms with Gasteiger partial charge in [-0.15, -0.1) is 12.4 Å². The summed E-state index contributed by atoms with van der Waals surface area (Å²) < 4.78 is 5.72. The van der Waals surface area contributed by atoms with Gasteiger partial charge < -0.3 is 15.0 Å². The molecule has 0 saturated carbocycles. The highest BCUT2D eigenvalue weighted by Gasteiger charge is 2.14. The smallest absolute Gasteiger partial charge is 0.222 e. The highest BCUT2D eigenvalue weighted by atomic mass is 35.5. The van der Waals surface area contributed by atoms with E-state index >= 15 is 0 Å². The normalized spacial score (nSPS) is 15.0. The molecule has 1 aliphatic heterocycles. The van der Waals surface area contributed by atoms with E-state index < -0.39 is 0 Å². The number of nitrogens with one attached hydrogen (secondary N) is 1. The van der Waals surface area contributed by atoms with Crippen LogP contribution >= 0.6 is 12.4 Å². The second-order valence-corrected chi connectivity index (χ2v) is 5.20. The second-order valence-electron chi connectivity index (χ2n) is 5.20. The first-order valence-electron chi connectivity index (χ1n) is 7.44. The van der Waals surface area contributed by atoms with Gasteiger partial charge in [0.2, 0.25) is 5.91 Å². The van der Waals surface area contributed by atoms with Gasteiger partial charge in [0, 0.05) is 26.1 Å². The van der Waals surface area contributed by atoms with Gasteiger partial charge in [-0.25, -0.2) is 0 Å². The van der Waals surface area contributed by atoms with Crippen LogP contribution < -0.4 is 10.1 Å². The first-order chi connectivity index (χ1) is 9.77. The van der Waals surface area contributed by atoms with Crippen LogP contribution in [0.15, 0.2) is 24.3 Å². The maximum Gasteiger partial charge on any atom is 0.222 e. The summed E-state index contributed by atoms with van der Waals surface area (Å²) in [5.74, 6) is 1.17. The Hall–Kier alpha value is -1.26. The summed E-state index contributed by atoms with van der Waals surface area (Å²) in [6.07, 6.45) is 2.40. The lowest BCUT2D eigenvalue weighted by molar-refractivity contribution is -0.131. The van der Waals surface area contributed by atoms with Crippen LogP contribution in [0.1, 0.15) is 24.8 Å². The Morgan fingerprint density at radius 2 is 2.10 bits per heavy atom. The van der Waals surface area contributed by atoms with Crippen LogP contribution in [0, 0.1) is 6.92 Å². The fourth-order valence-corrected chi connectivity index (χ4v) is 2.38. The van der Waals surface area contributed by atoms with Crippen LogP contribution in [0.5, 0.6) is 5.75 Å². The Labute approximate surface area is 133 Å². The fourth-order valence-electron chi connectivity index (χ4n) is 2.38. The van der Waals surface area contributed by atoms with Crippen LogP contribution in [0.3, 0.4) is 0 Å². The van der Waals surface area contributed by atoms with E-state index in [1.54, 1.807) is 0 Å². The summed E-state index contributed by atoms with van der Waals surface area (Å²) in [6, 6.07) is 7.97. The minimum Gasteiger partial charge on any atom is -0.493 e. The van der Waals surface area contributed by atoms with Gasteiger partial charge in [-0.2, -0.15) is 0 Å². The zero-order valence-electron chi connectivity index (χ0n) is 12.6. The number of para-hydroxylation sites is 1. The lowest BCUT2D eigenvalue weighted by Gasteiger charge is -2.19. The van der Waals surface area contributed by atoms with Crippen LogP contribution in [-0.2, 0) is 4.79 Å². The van der Waals surface area contributed by atoms with Crippen molar-refractivity contribution in [2.24, 2.45) is 0 Å². The molecule has 0 spiro atoms. The summed E-state index contributed by atoms with van der Waals surface area (Å²) in [7, 11) is 0. The van der Waals surface area contributed by atoms with Crippen molar-refractivity contribution in [3.8, 4) is 5.75 Å². The molecule has 0 unspecified atom stereocenters. The van der Waals surface area contributed by atoms with E-state index in [1.165, 1.54) is 0 Å². The number of benzene rings is 1. The monoisotopic (exact) mass is 312 g/mol. The maximum atomic E-state index is 12.1. The molecule has 1 amide bonds.